The van der Waals surface area contributed by atoms with E-state index in [1.807, 2.05) is 54.6 Å². The Hall–Kier alpha value is -2.45. The van der Waals surface area contributed by atoms with E-state index in [0.29, 0.717) is 16.7 Å². The molecule has 0 saturated heterocycles. The van der Waals surface area contributed by atoms with Gasteiger partial charge in [-0.25, -0.2) is 0 Å². The van der Waals surface area contributed by atoms with E-state index in [-0.39, 0.29) is 5.78 Å². The smallest absolute Gasteiger partial charge is 0.193 e. The highest BCUT2D eigenvalue weighted by atomic mass is 16.3. The van der Waals surface area contributed by atoms with Crippen LogP contribution < -0.4 is 0 Å². The molecule has 0 saturated carbocycles. The normalized spacial score (nSPS) is 16.9. The first-order valence-electron chi connectivity index (χ1n) is 6.61. The van der Waals surface area contributed by atoms with Gasteiger partial charge in [0, 0.05) is 16.7 Å². The molecule has 0 bridgehead atoms. The summed E-state index contributed by atoms with van der Waals surface area (Å²) in [5.74, 6) is -0.00773. The lowest BCUT2D eigenvalue weighted by Gasteiger charge is -2.25. The SMILES string of the molecule is O=C1c2ccccc2C(O)c2c1ccc1ccccc21. The van der Waals surface area contributed by atoms with Crippen LogP contribution in [0.25, 0.3) is 10.8 Å². The van der Waals surface area contributed by atoms with Crippen molar-refractivity contribution in [1.29, 1.82) is 0 Å². The number of fused-ring (bicyclic) bond motifs is 4. The van der Waals surface area contributed by atoms with Crippen molar-refractivity contribution in [3.63, 3.8) is 0 Å². The number of carbonyl (C=O) groups is 1. The average molecular weight is 260 g/mol. The Morgan fingerprint density at radius 1 is 0.800 bits per heavy atom. The van der Waals surface area contributed by atoms with Crippen molar-refractivity contribution in [2.24, 2.45) is 0 Å². The summed E-state index contributed by atoms with van der Waals surface area (Å²) in [5, 5.41) is 12.7. The van der Waals surface area contributed by atoms with E-state index in [1.165, 1.54) is 0 Å². The van der Waals surface area contributed by atoms with Gasteiger partial charge in [-0.15, -0.1) is 0 Å². The molecule has 20 heavy (non-hydrogen) atoms. The maximum atomic E-state index is 12.6. The summed E-state index contributed by atoms with van der Waals surface area (Å²) in [6.07, 6.45) is -0.745. The third kappa shape index (κ3) is 1.40. The summed E-state index contributed by atoms with van der Waals surface area (Å²) < 4.78 is 0. The lowest BCUT2D eigenvalue weighted by atomic mass is 9.81. The van der Waals surface area contributed by atoms with Crippen LogP contribution in [0.5, 0.6) is 0 Å². The van der Waals surface area contributed by atoms with Gasteiger partial charge >= 0.3 is 0 Å². The van der Waals surface area contributed by atoms with Crippen molar-refractivity contribution in [1.82, 2.24) is 0 Å². The second-order valence-corrected chi connectivity index (χ2v) is 5.07. The third-order valence-electron chi connectivity index (χ3n) is 3.99. The Bertz CT molecular complexity index is 849. The van der Waals surface area contributed by atoms with Crippen LogP contribution in [0.3, 0.4) is 0 Å². The summed E-state index contributed by atoms with van der Waals surface area (Å²) in [5.41, 5.74) is 2.63. The van der Waals surface area contributed by atoms with Gasteiger partial charge in [-0.3, -0.25) is 4.79 Å². The van der Waals surface area contributed by atoms with E-state index in [1.54, 1.807) is 6.07 Å². The molecule has 0 radical (unpaired) electrons. The van der Waals surface area contributed by atoms with Crippen molar-refractivity contribution >= 4 is 16.6 Å². The summed E-state index contributed by atoms with van der Waals surface area (Å²) in [6, 6.07) is 18.9. The average Bonchev–Trinajstić information content (AvgIpc) is 2.51. The minimum atomic E-state index is -0.745. The van der Waals surface area contributed by atoms with Crippen LogP contribution in [0.2, 0.25) is 0 Å². The molecule has 1 aliphatic carbocycles. The molecule has 2 nitrogen and oxygen atoms in total. The first-order chi connectivity index (χ1) is 9.77. The van der Waals surface area contributed by atoms with E-state index < -0.39 is 6.10 Å². The maximum absolute atomic E-state index is 12.6. The number of ketones is 1. The predicted octanol–water partition coefficient (Wildman–Crippen LogP) is 3.47. The summed E-state index contributed by atoms with van der Waals surface area (Å²) in [7, 11) is 0. The van der Waals surface area contributed by atoms with E-state index in [2.05, 4.69) is 0 Å². The molecule has 3 aromatic carbocycles. The van der Waals surface area contributed by atoms with Gasteiger partial charge in [0.25, 0.3) is 0 Å². The predicted molar refractivity (Wildman–Crippen MR) is 77.9 cm³/mol. The number of aliphatic hydroxyl groups excluding tert-OH is 1. The first-order valence-corrected chi connectivity index (χ1v) is 6.61. The van der Waals surface area contributed by atoms with Gasteiger partial charge in [0.15, 0.2) is 5.78 Å². The van der Waals surface area contributed by atoms with Crippen molar-refractivity contribution in [2.75, 3.05) is 0 Å². The highest BCUT2D eigenvalue weighted by Crippen LogP contribution is 2.38. The van der Waals surface area contributed by atoms with Gasteiger partial charge in [0.1, 0.15) is 6.10 Å². The zero-order chi connectivity index (χ0) is 13.7. The van der Waals surface area contributed by atoms with E-state index >= 15 is 0 Å². The molecular weight excluding hydrogens is 248 g/mol. The number of carbonyl (C=O) groups excluding carboxylic acids is 1. The molecule has 96 valence electrons. The number of hydrogen-bond acceptors (Lipinski definition) is 2. The number of rotatable bonds is 0. The zero-order valence-corrected chi connectivity index (χ0v) is 10.7. The standard InChI is InChI=1S/C18H12O2/c19-17-13-7-3-4-8-14(13)18(20)16-12-6-2-1-5-11(12)9-10-15(16)17/h1-10,18,20H. The van der Waals surface area contributed by atoms with Crippen molar-refractivity contribution < 1.29 is 9.90 Å². The molecule has 0 aromatic heterocycles. The number of hydrogen-bond donors (Lipinski definition) is 1. The fourth-order valence-corrected chi connectivity index (χ4v) is 3.03. The molecule has 3 aromatic rings. The molecule has 0 amide bonds. The van der Waals surface area contributed by atoms with Gasteiger partial charge in [0.2, 0.25) is 0 Å². The Labute approximate surface area is 116 Å². The molecule has 0 aliphatic heterocycles. The van der Waals surface area contributed by atoms with Crippen LogP contribution in [0.4, 0.5) is 0 Å². The number of benzene rings is 3. The molecule has 0 heterocycles. The van der Waals surface area contributed by atoms with Crippen molar-refractivity contribution in [3.05, 3.63) is 82.9 Å². The van der Waals surface area contributed by atoms with E-state index in [0.717, 1.165) is 16.3 Å². The van der Waals surface area contributed by atoms with E-state index in [9.17, 15) is 9.90 Å². The van der Waals surface area contributed by atoms with Crippen LogP contribution >= 0.6 is 0 Å². The molecule has 1 aliphatic rings. The lowest BCUT2D eigenvalue weighted by Crippen LogP contribution is -2.19. The fraction of sp³-hybridized carbons (Fsp3) is 0.0556. The molecule has 1 N–H and O–H groups in total. The summed E-state index contributed by atoms with van der Waals surface area (Å²) >= 11 is 0. The molecule has 4 rings (SSSR count). The quantitative estimate of drug-likeness (QED) is 0.672. The van der Waals surface area contributed by atoms with Crippen LogP contribution in [0, 0.1) is 0 Å². The van der Waals surface area contributed by atoms with E-state index in [4.69, 9.17) is 0 Å². The topological polar surface area (TPSA) is 37.3 Å². The van der Waals surface area contributed by atoms with Crippen LogP contribution in [0.1, 0.15) is 33.2 Å². The lowest BCUT2D eigenvalue weighted by molar-refractivity contribution is 0.102. The first kappa shape index (κ1) is 11.4. The second kappa shape index (κ2) is 4.02. The Morgan fingerprint density at radius 2 is 1.55 bits per heavy atom. The van der Waals surface area contributed by atoms with Crippen molar-refractivity contribution in [2.45, 2.75) is 6.10 Å². The van der Waals surface area contributed by atoms with Crippen LogP contribution in [0.15, 0.2) is 60.7 Å². The van der Waals surface area contributed by atoms with Crippen LogP contribution in [-0.4, -0.2) is 10.9 Å². The van der Waals surface area contributed by atoms with Gasteiger partial charge in [-0.2, -0.15) is 0 Å². The second-order valence-electron chi connectivity index (χ2n) is 5.07. The van der Waals surface area contributed by atoms with Gasteiger partial charge < -0.3 is 5.11 Å². The third-order valence-corrected chi connectivity index (χ3v) is 3.99. The monoisotopic (exact) mass is 260 g/mol. The van der Waals surface area contributed by atoms with Gasteiger partial charge in [-0.05, 0) is 16.3 Å². The maximum Gasteiger partial charge on any atom is 0.193 e. The summed E-state index contributed by atoms with van der Waals surface area (Å²) in [6.45, 7) is 0. The number of aliphatic hydroxyl groups is 1. The molecule has 0 fully saturated rings. The Balaban J connectivity index is 2.11. The molecule has 2 heteroatoms. The molecular formula is C18H12O2. The highest BCUT2D eigenvalue weighted by Gasteiger charge is 2.30. The highest BCUT2D eigenvalue weighted by molar-refractivity contribution is 6.15. The summed E-state index contributed by atoms with van der Waals surface area (Å²) in [4.78, 5) is 12.6. The molecule has 1 unspecified atom stereocenters. The molecule has 0 spiro atoms. The van der Waals surface area contributed by atoms with Crippen LogP contribution in [-0.2, 0) is 0 Å². The van der Waals surface area contributed by atoms with Crippen molar-refractivity contribution in [3.8, 4) is 0 Å². The Morgan fingerprint density at radius 3 is 2.45 bits per heavy atom. The molecule has 1 atom stereocenters. The zero-order valence-electron chi connectivity index (χ0n) is 10.7. The van der Waals surface area contributed by atoms with Gasteiger partial charge in [-0.1, -0.05) is 60.7 Å². The fourth-order valence-electron chi connectivity index (χ4n) is 3.03. The Kier molecular flexibility index (Phi) is 2.29. The minimum absolute atomic E-state index is 0.00773. The largest absolute Gasteiger partial charge is 0.384 e. The minimum Gasteiger partial charge on any atom is -0.384 e. The van der Waals surface area contributed by atoms with Gasteiger partial charge in [0.05, 0.1) is 0 Å².